The zero-order valence-electron chi connectivity index (χ0n) is 19.2. The molecular formula is C23H30N6O4. The van der Waals surface area contributed by atoms with Crippen LogP contribution >= 0.6 is 0 Å². The lowest BCUT2D eigenvalue weighted by Gasteiger charge is -2.23. The molecule has 0 N–H and O–H groups in total. The lowest BCUT2D eigenvalue weighted by atomic mass is 9.81. The van der Waals surface area contributed by atoms with Gasteiger partial charge in [0.05, 0.1) is 23.7 Å². The highest BCUT2D eigenvalue weighted by molar-refractivity contribution is 6.22. The Labute approximate surface area is 192 Å². The summed E-state index contributed by atoms with van der Waals surface area (Å²) in [6.07, 6.45) is 6.39. The van der Waals surface area contributed by atoms with Crippen molar-refractivity contribution in [3.63, 3.8) is 0 Å². The first kappa shape index (κ1) is 21.9. The highest BCUT2D eigenvalue weighted by Gasteiger charge is 2.52. The fraction of sp³-hybridized carbons (Fsp3) is 0.696. The minimum Gasteiger partial charge on any atom is -0.341 e. The summed E-state index contributed by atoms with van der Waals surface area (Å²) >= 11 is 0. The minimum atomic E-state index is -0.346. The summed E-state index contributed by atoms with van der Waals surface area (Å²) in [5.74, 6) is -2.46. The van der Waals surface area contributed by atoms with Crippen molar-refractivity contribution in [3.8, 4) is 0 Å². The third-order valence-corrected chi connectivity index (χ3v) is 7.73. The van der Waals surface area contributed by atoms with Gasteiger partial charge in [-0.1, -0.05) is 25.7 Å². The van der Waals surface area contributed by atoms with E-state index in [2.05, 4.69) is 15.0 Å². The van der Waals surface area contributed by atoms with Gasteiger partial charge in [0.2, 0.25) is 41.5 Å². The van der Waals surface area contributed by atoms with Crippen molar-refractivity contribution in [1.29, 1.82) is 0 Å². The van der Waals surface area contributed by atoms with Crippen LogP contribution < -0.4 is 14.7 Å². The van der Waals surface area contributed by atoms with Crippen molar-refractivity contribution >= 4 is 41.5 Å². The van der Waals surface area contributed by atoms with Crippen molar-refractivity contribution in [2.24, 2.45) is 23.7 Å². The normalized spacial score (nSPS) is 29.5. The van der Waals surface area contributed by atoms with Crippen molar-refractivity contribution in [3.05, 3.63) is 0 Å². The van der Waals surface area contributed by atoms with Gasteiger partial charge in [0, 0.05) is 13.1 Å². The Balaban J connectivity index is 1.58. The van der Waals surface area contributed by atoms with Gasteiger partial charge in [-0.15, -0.1) is 0 Å². The first-order valence-corrected chi connectivity index (χ1v) is 12.2. The Morgan fingerprint density at radius 3 is 1.27 bits per heavy atom. The second-order valence-electron chi connectivity index (χ2n) is 9.43. The lowest BCUT2D eigenvalue weighted by Crippen LogP contribution is -2.37. The summed E-state index contributed by atoms with van der Waals surface area (Å²) in [4.78, 5) is 70.0. The molecule has 10 heteroatoms. The standard InChI is InChI=1S/C23H30N6O4/c1-3-27(4-2)21-24-22(28-17(30)13-9-5-6-10-14(13)18(28)31)26-23(25-21)29-19(32)15-11-7-8-12-16(15)20(29)33/h13-16H,3-12H2,1-2H3. The molecule has 4 fully saturated rings. The van der Waals surface area contributed by atoms with Crippen LogP contribution in [-0.4, -0.2) is 51.7 Å². The quantitative estimate of drug-likeness (QED) is 0.621. The van der Waals surface area contributed by atoms with Crippen molar-refractivity contribution in [1.82, 2.24) is 15.0 Å². The minimum absolute atomic E-state index is 0.0817. The topological polar surface area (TPSA) is 117 Å². The van der Waals surface area contributed by atoms with Gasteiger partial charge < -0.3 is 4.90 Å². The molecule has 0 spiro atoms. The highest BCUT2D eigenvalue weighted by Crippen LogP contribution is 2.42. The van der Waals surface area contributed by atoms with E-state index in [9.17, 15) is 19.2 Å². The maximum Gasteiger partial charge on any atom is 0.245 e. The van der Waals surface area contributed by atoms with Crippen LogP contribution in [0, 0.1) is 23.7 Å². The number of hydrogen-bond donors (Lipinski definition) is 0. The molecule has 2 saturated carbocycles. The van der Waals surface area contributed by atoms with E-state index in [1.165, 1.54) is 0 Å². The van der Waals surface area contributed by atoms with Crippen LogP contribution in [0.4, 0.5) is 17.8 Å². The largest absolute Gasteiger partial charge is 0.341 e. The number of aromatic nitrogens is 3. The van der Waals surface area contributed by atoms with Crippen molar-refractivity contribution in [2.75, 3.05) is 27.8 Å². The van der Waals surface area contributed by atoms with Gasteiger partial charge in [0.25, 0.3) is 0 Å². The van der Waals surface area contributed by atoms with E-state index in [-0.39, 0.29) is 65.1 Å². The zero-order chi connectivity index (χ0) is 23.3. The number of fused-ring (bicyclic) bond motifs is 2. The van der Waals surface area contributed by atoms with E-state index in [1.54, 1.807) is 0 Å². The molecule has 2 aliphatic heterocycles. The Morgan fingerprint density at radius 1 is 0.636 bits per heavy atom. The van der Waals surface area contributed by atoms with Gasteiger partial charge in [-0.2, -0.15) is 15.0 Å². The molecule has 1 aromatic heterocycles. The SMILES string of the molecule is CCN(CC)c1nc(N2C(=O)C3CCCCC3C2=O)nc(N2C(=O)C3CCCCC3C2=O)n1. The molecular weight excluding hydrogens is 424 g/mol. The third kappa shape index (κ3) is 3.41. The summed E-state index contributed by atoms with van der Waals surface area (Å²) in [6, 6.07) is 0. The molecule has 4 unspecified atom stereocenters. The lowest BCUT2D eigenvalue weighted by molar-refractivity contribution is -0.124. The number of carbonyl (C=O) groups is 4. The van der Waals surface area contributed by atoms with E-state index in [4.69, 9.17) is 0 Å². The van der Waals surface area contributed by atoms with E-state index < -0.39 is 0 Å². The van der Waals surface area contributed by atoms with Crippen LogP contribution in [0.3, 0.4) is 0 Å². The number of anilines is 3. The summed E-state index contributed by atoms with van der Waals surface area (Å²) in [7, 11) is 0. The smallest absolute Gasteiger partial charge is 0.245 e. The summed E-state index contributed by atoms with van der Waals surface area (Å²) in [5, 5.41) is 0. The Hall–Kier alpha value is -2.91. The maximum atomic E-state index is 13.2. The van der Waals surface area contributed by atoms with Crippen LogP contribution in [-0.2, 0) is 19.2 Å². The van der Waals surface area contributed by atoms with Gasteiger partial charge in [0.15, 0.2) is 0 Å². The molecule has 5 rings (SSSR count). The van der Waals surface area contributed by atoms with E-state index in [1.807, 2.05) is 18.7 Å². The molecule has 2 saturated heterocycles. The van der Waals surface area contributed by atoms with Gasteiger partial charge in [-0.25, -0.2) is 9.80 Å². The molecule has 4 aliphatic rings. The first-order chi connectivity index (χ1) is 16.0. The predicted molar refractivity (Wildman–Crippen MR) is 119 cm³/mol. The first-order valence-electron chi connectivity index (χ1n) is 12.2. The molecule has 1 aromatic rings. The zero-order valence-corrected chi connectivity index (χ0v) is 19.2. The second kappa shape index (κ2) is 8.46. The van der Waals surface area contributed by atoms with Crippen molar-refractivity contribution in [2.45, 2.75) is 65.2 Å². The fourth-order valence-corrected chi connectivity index (χ4v) is 5.91. The highest BCUT2D eigenvalue weighted by atomic mass is 16.2. The molecule has 3 heterocycles. The average molecular weight is 455 g/mol. The molecule has 0 radical (unpaired) electrons. The van der Waals surface area contributed by atoms with Crippen LogP contribution in [0.2, 0.25) is 0 Å². The molecule has 4 amide bonds. The summed E-state index contributed by atoms with van der Waals surface area (Å²) in [5.41, 5.74) is 0. The Kier molecular flexibility index (Phi) is 5.62. The number of nitrogens with zero attached hydrogens (tertiary/aromatic N) is 6. The fourth-order valence-electron chi connectivity index (χ4n) is 5.91. The van der Waals surface area contributed by atoms with Crippen LogP contribution in [0.25, 0.3) is 0 Å². The molecule has 0 aromatic carbocycles. The number of rotatable bonds is 5. The number of hydrogen-bond acceptors (Lipinski definition) is 8. The van der Waals surface area contributed by atoms with Gasteiger partial charge in [0.1, 0.15) is 0 Å². The summed E-state index contributed by atoms with van der Waals surface area (Å²) in [6.45, 7) is 5.04. The Bertz CT molecular complexity index is 890. The third-order valence-electron chi connectivity index (χ3n) is 7.73. The molecule has 0 bridgehead atoms. The van der Waals surface area contributed by atoms with Crippen LogP contribution in [0.15, 0.2) is 0 Å². The van der Waals surface area contributed by atoms with Gasteiger partial charge in [-0.05, 0) is 39.5 Å². The molecule has 33 heavy (non-hydrogen) atoms. The second-order valence-corrected chi connectivity index (χ2v) is 9.43. The van der Waals surface area contributed by atoms with E-state index in [0.29, 0.717) is 38.8 Å². The van der Waals surface area contributed by atoms with E-state index >= 15 is 0 Å². The summed E-state index contributed by atoms with van der Waals surface area (Å²) < 4.78 is 0. The monoisotopic (exact) mass is 454 g/mol. The van der Waals surface area contributed by atoms with E-state index in [0.717, 1.165) is 35.5 Å². The van der Waals surface area contributed by atoms with Crippen LogP contribution in [0.1, 0.15) is 65.2 Å². The van der Waals surface area contributed by atoms with Crippen LogP contribution in [0.5, 0.6) is 0 Å². The molecule has 176 valence electrons. The average Bonchev–Trinajstić information content (AvgIpc) is 3.24. The molecule has 10 nitrogen and oxygen atoms in total. The number of amides is 4. The molecule has 4 atom stereocenters. The van der Waals surface area contributed by atoms with Gasteiger partial charge in [-0.3, -0.25) is 19.2 Å². The Morgan fingerprint density at radius 2 is 0.970 bits per heavy atom. The predicted octanol–water partition coefficient (Wildman–Crippen LogP) is 2.08. The number of imide groups is 2. The van der Waals surface area contributed by atoms with Crippen molar-refractivity contribution < 1.29 is 19.2 Å². The molecule has 2 aliphatic carbocycles. The number of carbonyl (C=O) groups excluding carboxylic acids is 4. The maximum absolute atomic E-state index is 13.2. The van der Waals surface area contributed by atoms with Gasteiger partial charge >= 0.3 is 0 Å².